The molecule has 1 aliphatic heterocycles. The lowest BCUT2D eigenvalue weighted by Gasteiger charge is -2.32. The molecule has 7 heteroatoms. The van der Waals surface area contributed by atoms with Gasteiger partial charge in [0.15, 0.2) is 11.6 Å². The third kappa shape index (κ3) is 2.67. The van der Waals surface area contributed by atoms with Crippen LogP contribution in [-0.4, -0.2) is 26.6 Å². The molecule has 4 rings (SSSR count). The van der Waals surface area contributed by atoms with E-state index in [1.54, 1.807) is 11.6 Å². The Morgan fingerprint density at radius 1 is 1.08 bits per heavy atom. The van der Waals surface area contributed by atoms with E-state index >= 15 is 0 Å². The maximum Gasteiger partial charge on any atom is 0.243 e. The van der Waals surface area contributed by atoms with Crippen LogP contribution in [0.3, 0.4) is 0 Å². The molecule has 1 aliphatic carbocycles. The summed E-state index contributed by atoms with van der Waals surface area (Å²) in [6.45, 7) is 4.82. The van der Waals surface area contributed by atoms with Gasteiger partial charge in [-0.1, -0.05) is 12.1 Å². The molecule has 0 saturated heterocycles. The highest BCUT2D eigenvalue weighted by atomic mass is 32.2. The normalized spacial score (nSPS) is 16.3. The van der Waals surface area contributed by atoms with Crippen molar-refractivity contribution in [3.63, 3.8) is 0 Å². The zero-order valence-electron chi connectivity index (χ0n) is 15.1. The Morgan fingerprint density at radius 3 is 2.50 bits per heavy atom. The van der Waals surface area contributed by atoms with E-state index in [4.69, 9.17) is 0 Å². The van der Waals surface area contributed by atoms with E-state index in [-0.39, 0.29) is 11.7 Å². The summed E-state index contributed by atoms with van der Waals surface area (Å²) in [6.07, 6.45) is 4.52. The summed E-state index contributed by atoms with van der Waals surface area (Å²) in [7, 11) is 0. The van der Waals surface area contributed by atoms with Gasteiger partial charge in [-0.3, -0.25) is 9.59 Å². The minimum absolute atomic E-state index is 0.0825. The van der Waals surface area contributed by atoms with Crippen molar-refractivity contribution in [1.82, 2.24) is 14.9 Å². The summed E-state index contributed by atoms with van der Waals surface area (Å²) < 4.78 is 1.69. The molecule has 0 N–H and O–H groups in total. The molecule has 0 radical (unpaired) electrons. The van der Waals surface area contributed by atoms with E-state index < -0.39 is 0 Å². The third-order valence-corrected chi connectivity index (χ3v) is 5.95. The predicted octanol–water partition coefficient (Wildman–Crippen LogP) is 3.01. The summed E-state index contributed by atoms with van der Waals surface area (Å²) in [6, 6.07) is 6.28. The molecule has 1 aromatic heterocycles. The van der Waals surface area contributed by atoms with Gasteiger partial charge in [0.25, 0.3) is 0 Å². The summed E-state index contributed by atoms with van der Waals surface area (Å²) in [5, 5.41) is 10.3. The van der Waals surface area contributed by atoms with Crippen LogP contribution in [0.25, 0.3) is 5.70 Å². The van der Waals surface area contributed by atoms with Crippen molar-refractivity contribution in [2.24, 2.45) is 0 Å². The molecule has 0 saturated carbocycles. The van der Waals surface area contributed by atoms with Gasteiger partial charge in [0.1, 0.15) is 0 Å². The highest BCUT2D eigenvalue weighted by Gasteiger charge is 2.34. The lowest BCUT2D eigenvalue weighted by molar-refractivity contribution is -0.117. The van der Waals surface area contributed by atoms with E-state index in [0.717, 1.165) is 18.4 Å². The molecule has 0 spiro atoms. The van der Waals surface area contributed by atoms with Gasteiger partial charge < -0.3 is 0 Å². The van der Waals surface area contributed by atoms with Crippen LogP contribution in [0.5, 0.6) is 0 Å². The van der Waals surface area contributed by atoms with Crippen LogP contribution in [-0.2, 0) is 22.4 Å². The molecule has 2 aliphatic rings. The molecule has 1 amide bonds. The molecule has 2 aromatic rings. The molecular formula is C19H20N4O2S. The monoisotopic (exact) mass is 368 g/mol. The molecule has 0 atom stereocenters. The van der Waals surface area contributed by atoms with Crippen LogP contribution in [0.1, 0.15) is 49.2 Å². The summed E-state index contributed by atoms with van der Waals surface area (Å²) in [5.74, 6) is 0.350. The number of benzene rings is 1. The number of thioether (sulfide) groups is 1. The lowest BCUT2D eigenvalue weighted by atomic mass is 9.89. The summed E-state index contributed by atoms with van der Waals surface area (Å²) in [5.41, 5.74) is 4.18. The largest absolute Gasteiger partial charge is 0.294 e. The minimum atomic E-state index is -0.180. The predicted molar refractivity (Wildman–Crippen MR) is 100 cm³/mol. The fourth-order valence-corrected chi connectivity index (χ4v) is 4.65. The second kappa shape index (κ2) is 6.39. The van der Waals surface area contributed by atoms with Gasteiger partial charge >= 0.3 is 0 Å². The Labute approximate surface area is 156 Å². The van der Waals surface area contributed by atoms with Crippen LogP contribution < -0.4 is 5.01 Å². The first-order valence-electron chi connectivity index (χ1n) is 8.75. The molecule has 2 heterocycles. The van der Waals surface area contributed by atoms with Crippen molar-refractivity contribution in [3.8, 4) is 0 Å². The second-order valence-electron chi connectivity index (χ2n) is 6.70. The van der Waals surface area contributed by atoms with Crippen molar-refractivity contribution in [2.45, 2.75) is 51.6 Å². The van der Waals surface area contributed by atoms with Crippen LogP contribution in [0.4, 0.5) is 0 Å². The Hall–Kier alpha value is -2.41. The standard InChI is InChI=1S/C19H20N4O2S/c1-11(24)18-17(16-9-8-14-6-4-5-7-15(14)10-16)23(13(3)25)22-12(2)20-21-19(22)26-18/h8-10H,4-7H2,1-3H3. The number of rotatable bonds is 2. The first-order valence-corrected chi connectivity index (χ1v) is 9.57. The number of Topliss-reactive ketones (excluding diaryl/α,β-unsaturated/α-hetero) is 1. The molecule has 0 bridgehead atoms. The van der Waals surface area contributed by atoms with Gasteiger partial charge in [0.05, 0.1) is 10.6 Å². The second-order valence-corrected chi connectivity index (χ2v) is 7.68. The van der Waals surface area contributed by atoms with Crippen molar-refractivity contribution in [2.75, 3.05) is 5.01 Å². The van der Waals surface area contributed by atoms with E-state index in [2.05, 4.69) is 22.3 Å². The number of allylic oxidation sites excluding steroid dienone is 1. The summed E-state index contributed by atoms with van der Waals surface area (Å²) in [4.78, 5) is 25.5. The molecule has 6 nitrogen and oxygen atoms in total. The maximum absolute atomic E-state index is 12.5. The smallest absolute Gasteiger partial charge is 0.243 e. The van der Waals surface area contributed by atoms with Gasteiger partial charge in [0.2, 0.25) is 11.1 Å². The molecule has 0 unspecified atom stereocenters. The number of amides is 1. The van der Waals surface area contributed by atoms with Gasteiger partial charge in [-0.25, -0.2) is 9.69 Å². The Morgan fingerprint density at radius 2 is 1.81 bits per heavy atom. The Kier molecular flexibility index (Phi) is 4.19. The van der Waals surface area contributed by atoms with Crippen molar-refractivity contribution >= 4 is 29.1 Å². The zero-order valence-corrected chi connectivity index (χ0v) is 15.9. The van der Waals surface area contributed by atoms with Gasteiger partial charge in [-0.2, -0.15) is 0 Å². The highest BCUT2D eigenvalue weighted by molar-refractivity contribution is 8.04. The van der Waals surface area contributed by atoms with Crippen LogP contribution >= 0.6 is 11.8 Å². The van der Waals surface area contributed by atoms with E-state index in [1.807, 2.05) is 6.07 Å². The molecule has 1 aromatic carbocycles. The highest BCUT2D eigenvalue weighted by Crippen LogP contribution is 2.40. The fourth-order valence-electron chi connectivity index (χ4n) is 3.64. The zero-order chi connectivity index (χ0) is 18.4. The molecular weight excluding hydrogens is 348 g/mol. The van der Waals surface area contributed by atoms with E-state index in [1.165, 1.54) is 54.6 Å². The SMILES string of the molecule is CC(=O)C1=C(c2ccc3c(c2)CCCC3)N(C(C)=O)n2c(C)nnc2S1. The van der Waals surface area contributed by atoms with E-state index in [0.29, 0.717) is 21.6 Å². The van der Waals surface area contributed by atoms with Gasteiger partial charge in [-0.05, 0) is 68.5 Å². The quantitative estimate of drug-likeness (QED) is 0.815. The average molecular weight is 368 g/mol. The topological polar surface area (TPSA) is 68.1 Å². The number of nitrogens with zero attached hydrogens (tertiary/aromatic N) is 4. The number of fused-ring (bicyclic) bond motifs is 2. The average Bonchev–Trinajstić information content (AvgIpc) is 3.00. The van der Waals surface area contributed by atoms with Crippen LogP contribution in [0, 0.1) is 6.92 Å². The number of hydrogen-bond acceptors (Lipinski definition) is 5. The maximum atomic E-state index is 12.5. The lowest BCUT2D eigenvalue weighted by Crippen LogP contribution is -2.41. The molecule has 0 fully saturated rings. The Bertz CT molecular complexity index is 960. The molecule has 26 heavy (non-hydrogen) atoms. The van der Waals surface area contributed by atoms with Crippen molar-refractivity contribution in [3.05, 3.63) is 45.6 Å². The Balaban J connectivity index is 1.94. The number of carbonyl (C=O) groups excluding carboxylic acids is 2. The van der Waals surface area contributed by atoms with Crippen LogP contribution in [0.15, 0.2) is 28.3 Å². The van der Waals surface area contributed by atoms with Gasteiger partial charge in [0, 0.05) is 12.5 Å². The first-order chi connectivity index (χ1) is 12.5. The fraction of sp³-hybridized carbons (Fsp3) is 0.368. The number of aromatic nitrogens is 3. The first kappa shape index (κ1) is 17.0. The number of ketones is 1. The van der Waals surface area contributed by atoms with Crippen molar-refractivity contribution in [1.29, 1.82) is 0 Å². The van der Waals surface area contributed by atoms with Gasteiger partial charge in [-0.15, -0.1) is 10.2 Å². The molecule has 134 valence electrons. The minimum Gasteiger partial charge on any atom is -0.294 e. The van der Waals surface area contributed by atoms with Crippen LogP contribution in [0.2, 0.25) is 0 Å². The van der Waals surface area contributed by atoms with E-state index in [9.17, 15) is 9.59 Å². The third-order valence-electron chi connectivity index (χ3n) is 4.83. The number of aryl methyl sites for hydroxylation is 3. The summed E-state index contributed by atoms with van der Waals surface area (Å²) >= 11 is 1.27. The number of carbonyl (C=O) groups is 2. The number of hydrogen-bond donors (Lipinski definition) is 0. The van der Waals surface area contributed by atoms with Crippen molar-refractivity contribution < 1.29 is 9.59 Å².